The van der Waals surface area contributed by atoms with E-state index in [-0.39, 0.29) is 0 Å². The Balaban J connectivity index is 2.54. The summed E-state index contributed by atoms with van der Waals surface area (Å²) >= 11 is 0. The SMILES string of the molecule is CCC1C(C)=C(C)C(C)=C(C)[C@@H]1c1ccccc1. The molecule has 0 aliphatic heterocycles. The monoisotopic (exact) mass is 240 g/mol. The molecule has 0 saturated carbocycles. The summed E-state index contributed by atoms with van der Waals surface area (Å²) in [7, 11) is 0. The molecule has 0 fully saturated rings. The average Bonchev–Trinajstić information content (AvgIpc) is 2.41. The second kappa shape index (κ2) is 5.14. The second-order valence-corrected chi connectivity index (χ2v) is 5.52. The van der Waals surface area contributed by atoms with Crippen LogP contribution in [0, 0.1) is 5.92 Å². The molecule has 0 heterocycles. The Hall–Kier alpha value is -1.30. The van der Waals surface area contributed by atoms with Gasteiger partial charge in [0.05, 0.1) is 0 Å². The quantitative estimate of drug-likeness (QED) is 0.642. The Labute approximate surface area is 111 Å². The molecule has 0 radical (unpaired) electrons. The minimum atomic E-state index is 0.569. The normalized spacial score (nSPS) is 24.7. The lowest BCUT2D eigenvalue weighted by Gasteiger charge is -2.35. The molecule has 0 heteroatoms. The van der Waals surface area contributed by atoms with E-state index in [2.05, 4.69) is 65.0 Å². The summed E-state index contributed by atoms with van der Waals surface area (Å²) in [5, 5.41) is 0. The molecule has 0 nitrogen and oxygen atoms in total. The number of hydrogen-bond donors (Lipinski definition) is 0. The first-order valence-corrected chi connectivity index (χ1v) is 6.98. The fourth-order valence-electron chi connectivity index (χ4n) is 3.34. The highest BCUT2D eigenvalue weighted by molar-refractivity contribution is 5.47. The Morgan fingerprint density at radius 3 is 1.94 bits per heavy atom. The summed E-state index contributed by atoms with van der Waals surface area (Å²) in [5.74, 6) is 1.23. The summed E-state index contributed by atoms with van der Waals surface area (Å²) in [5.41, 5.74) is 7.59. The highest BCUT2D eigenvalue weighted by atomic mass is 14.3. The summed E-state index contributed by atoms with van der Waals surface area (Å²) in [6.45, 7) is 11.5. The maximum Gasteiger partial charge on any atom is 0.0117 e. The summed E-state index contributed by atoms with van der Waals surface area (Å²) in [6, 6.07) is 11.0. The Morgan fingerprint density at radius 1 is 0.833 bits per heavy atom. The van der Waals surface area contributed by atoms with Crippen molar-refractivity contribution in [3.8, 4) is 0 Å². The molecule has 0 saturated heterocycles. The molecule has 1 aromatic carbocycles. The van der Waals surface area contributed by atoms with E-state index >= 15 is 0 Å². The standard InChI is InChI=1S/C18H24/c1-6-17-14(4)12(2)13(3)15(5)18(17)16-10-8-7-9-11-16/h7-11,17-18H,6H2,1-5H3/t17?,18-/m1/s1. The van der Waals surface area contributed by atoms with Crippen molar-refractivity contribution in [3.05, 3.63) is 58.2 Å². The van der Waals surface area contributed by atoms with Crippen LogP contribution in [0.5, 0.6) is 0 Å². The molecule has 2 rings (SSSR count). The van der Waals surface area contributed by atoms with Crippen molar-refractivity contribution in [3.63, 3.8) is 0 Å². The van der Waals surface area contributed by atoms with Crippen molar-refractivity contribution in [1.29, 1.82) is 0 Å². The third-order valence-corrected chi connectivity index (χ3v) is 4.77. The highest BCUT2D eigenvalue weighted by Crippen LogP contribution is 2.45. The van der Waals surface area contributed by atoms with E-state index in [1.165, 1.54) is 23.1 Å². The van der Waals surface area contributed by atoms with E-state index in [4.69, 9.17) is 0 Å². The minimum absolute atomic E-state index is 0.569. The summed E-state index contributed by atoms with van der Waals surface area (Å²) < 4.78 is 0. The van der Waals surface area contributed by atoms with Crippen molar-refractivity contribution >= 4 is 0 Å². The van der Waals surface area contributed by atoms with Crippen LogP contribution in [0.25, 0.3) is 0 Å². The molecule has 1 aromatic rings. The third kappa shape index (κ3) is 2.05. The van der Waals surface area contributed by atoms with Crippen LogP contribution in [0.2, 0.25) is 0 Å². The van der Waals surface area contributed by atoms with E-state index in [1.54, 1.807) is 11.1 Å². The van der Waals surface area contributed by atoms with Crippen LogP contribution in [0.3, 0.4) is 0 Å². The Kier molecular flexibility index (Phi) is 3.75. The number of rotatable bonds is 2. The van der Waals surface area contributed by atoms with E-state index < -0.39 is 0 Å². The molecule has 2 atom stereocenters. The molecule has 0 N–H and O–H groups in total. The zero-order valence-corrected chi connectivity index (χ0v) is 12.2. The van der Waals surface area contributed by atoms with E-state index in [0.717, 1.165) is 0 Å². The maximum absolute atomic E-state index is 2.31. The van der Waals surface area contributed by atoms with Crippen molar-refractivity contribution < 1.29 is 0 Å². The van der Waals surface area contributed by atoms with Gasteiger partial charge in [-0.2, -0.15) is 0 Å². The second-order valence-electron chi connectivity index (χ2n) is 5.52. The minimum Gasteiger partial charge on any atom is -0.0661 e. The fourth-order valence-corrected chi connectivity index (χ4v) is 3.34. The molecule has 0 aromatic heterocycles. The van der Waals surface area contributed by atoms with Gasteiger partial charge in [-0.25, -0.2) is 0 Å². The topological polar surface area (TPSA) is 0 Å². The number of hydrogen-bond acceptors (Lipinski definition) is 0. The van der Waals surface area contributed by atoms with E-state index in [1.807, 2.05) is 0 Å². The Morgan fingerprint density at radius 2 is 1.39 bits per heavy atom. The molecule has 0 spiro atoms. The first-order chi connectivity index (χ1) is 8.57. The average molecular weight is 240 g/mol. The lowest BCUT2D eigenvalue weighted by atomic mass is 9.69. The molecule has 1 aliphatic rings. The van der Waals surface area contributed by atoms with Gasteiger partial charge in [0.2, 0.25) is 0 Å². The number of allylic oxidation sites excluding steroid dienone is 4. The summed E-state index contributed by atoms with van der Waals surface area (Å²) in [4.78, 5) is 0. The van der Waals surface area contributed by atoms with Crippen molar-refractivity contribution in [2.75, 3.05) is 0 Å². The van der Waals surface area contributed by atoms with Gasteiger partial charge in [-0.1, -0.05) is 48.4 Å². The number of benzene rings is 1. The molecule has 18 heavy (non-hydrogen) atoms. The molecular weight excluding hydrogens is 216 g/mol. The zero-order chi connectivity index (χ0) is 13.3. The van der Waals surface area contributed by atoms with Crippen LogP contribution in [-0.4, -0.2) is 0 Å². The van der Waals surface area contributed by atoms with Crippen LogP contribution in [0.4, 0.5) is 0 Å². The van der Waals surface area contributed by atoms with Crippen LogP contribution >= 0.6 is 0 Å². The van der Waals surface area contributed by atoms with Crippen LogP contribution in [0.15, 0.2) is 52.6 Å². The van der Waals surface area contributed by atoms with Gasteiger partial charge in [-0.15, -0.1) is 0 Å². The molecule has 0 amide bonds. The van der Waals surface area contributed by atoms with Crippen molar-refractivity contribution in [1.82, 2.24) is 0 Å². The van der Waals surface area contributed by atoms with E-state index in [0.29, 0.717) is 11.8 Å². The zero-order valence-electron chi connectivity index (χ0n) is 12.2. The molecule has 1 aliphatic carbocycles. The van der Waals surface area contributed by atoms with Gasteiger partial charge in [-0.3, -0.25) is 0 Å². The lowest BCUT2D eigenvalue weighted by molar-refractivity contribution is 0.499. The lowest BCUT2D eigenvalue weighted by Crippen LogP contribution is -2.21. The van der Waals surface area contributed by atoms with Crippen molar-refractivity contribution in [2.45, 2.75) is 47.0 Å². The van der Waals surface area contributed by atoms with Gasteiger partial charge in [0.15, 0.2) is 0 Å². The Bertz CT molecular complexity index is 488. The van der Waals surface area contributed by atoms with Crippen LogP contribution in [0.1, 0.15) is 52.5 Å². The molecule has 96 valence electrons. The van der Waals surface area contributed by atoms with Crippen LogP contribution in [-0.2, 0) is 0 Å². The fraction of sp³-hybridized carbons (Fsp3) is 0.444. The first kappa shape index (κ1) is 13.1. The molecule has 0 bridgehead atoms. The highest BCUT2D eigenvalue weighted by Gasteiger charge is 2.30. The molecular formula is C18H24. The van der Waals surface area contributed by atoms with Gasteiger partial charge < -0.3 is 0 Å². The first-order valence-electron chi connectivity index (χ1n) is 6.98. The third-order valence-electron chi connectivity index (χ3n) is 4.77. The molecule has 1 unspecified atom stereocenters. The van der Waals surface area contributed by atoms with Gasteiger partial charge in [0.25, 0.3) is 0 Å². The van der Waals surface area contributed by atoms with Crippen LogP contribution < -0.4 is 0 Å². The van der Waals surface area contributed by atoms with Gasteiger partial charge in [0, 0.05) is 5.92 Å². The van der Waals surface area contributed by atoms with E-state index in [9.17, 15) is 0 Å². The van der Waals surface area contributed by atoms with Gasteiger partial charge in [-0.05, 0) is 56.7 Å². The largest absolute Gasteiger partial charge is 0.0661 e. The van der Waals surface area contributed by atoms with Gasteiger partial charge >= 0.3 is 0 Å². The van der Waals surface area contributed by atoms with Gasteiger partial charge in [0.1, 0.15) is 0 Å². The maximum atomic E-state index is 2.31. The summed E-state index contributed by atoms with van der Waals surface area (Å²) in [6.07, 6.45) is 1.22. The van der Waals surface area contributed by atoms with Crippen molar-refractivity contribution in [2.24, 2.45) is 5.92 Å². The predicted molar refractivity (Wildman–Crippen MR) is 79.7 cm³/mol. The smallest absolute Gasteiger partial charge is 0.0117 e. The predicted octanol–water partition coefficient (Wildman–Crippen LogP) is 5.48.